The van der Waals surface area contributed by atoms with Crippen LogP contribution in [0.25, 0.3) is 0 Å². The summed E-state index contributed by atoms with van der Waals surface area (Å²) < 4.78 is 0. The van der Waals surface area contributed by atoms with Gasteiger partial charge in [0.25, 0.3) is 0 Å². The summed E-state index contributed by atoms with van der Waals surface area (Å²) in [5.41, 5.74) is 0. The van der Waals surface area contributed by atoms with Crippen molar-refractivity contribution in [3.05, 3.63) is 0 Å². The molecule has 1 heterocycles. The van der Waals surface area contributed by atoms with Gasteiger partial charge in [-0.3, -0.25) is 14.7 Å². The lowest BCUT2D eigenvalue weighted by Gasteiger charge is -2.24. The van der Waals surface area contributed by atoms with Crippen molar-refractivity contribution in [1.82, 2.24) is 20.4 Å². The van der Waals surface area contributed by atoms with Crippen molar-refractivity contribution in [1.29, 1.82) is 0 Å². The number of aliphatic imine (C=N–C) groups is 1. The van der Waals surface area contributed by atoms with Crippen molar-refractivity contribution >= 4 is 35.8 Å². The topological polar surface area (TPSA) is 60.0 Å². The van der Waals surface area contributed by atoms with Gasteiger partial charge in [-0.05, 0) is 25.9 Å². The molecule has 0 bridgehead atoms. The summed E-state index contributed by atoms with van der Waals surface area (Å²) in [6, 6.07) is 0.599. The second kappa shape index (κ2) is 11.1. The van der Waals surface area contributed by atoms with E-state index in [-0.39, 0.29) is 29.9 Å². The molecule has 0 radical (unpaired) electrons. The zero-order valence-electron chi connectivity index (χ0n) is 13.7. The molecule has 0 aromatic carbocycles. The first-order chi connectivity index (χ1) is 9.58. The second-order valence-corrected chi connectivity index (χ2v) is 5.34. The molecule has 0 spiro atoms. The maximum Gasteiger partial charge on any atom is 0.223 e. The molecule has 1 saturated heterocycles. The average molecular weight is 411 g/mol. The van der Waals surface area contributed by atoms with Crippen LogP contribution in [0.5, 0.6) is 0 Å². The lowest BCUT2D eigenvalue weighted by atomic mass is 10.2. The maximum absolute atomic E-state index is 11.5. The largest absolute Gasteiger partial charge is 0.356 e. The number of likely N-dealkylation sites (N-methyl/N-ethyl adjacent to an activating group) is 1. The first-order valence-electron chi connectivity index (χ1n) is 7.47. The molecule has 0 aliphatic carbocycles. The van der Waals surface area contributed by atoms with Gasteiger partial charge in [-0.15, -0.1) is 24.0 Å². The first kappa shape index (κ1) is 20.4. The van der Waals surface area contributed by atoms with Gasteiger partial charge in [0.05, 0.1) is 0 Å². The minimum Gasteiger partial charge on any atom is -0.356 e. The SMILES string of the molecule is CCN1CCCC1CNC(=NC)NCCC(=O)N(C)C.I. The van der Waals surface area contributed by atoms with E-state index in [1.807, 2.05) is 0 Å². The number of nitrogens with zero attached hydrogens (tertiary/aromatic N) is 3. The van der Waals surface area contributed by atoms with Crippen LogP contribution >= 0.6 is 24.0 Å². The molecule has 124 valence electrons. The van der Waals surface area contributed by atoms with Crippen molar-refractivity contribution in [2.45, 2.75) is 32.2 Å². The predicted octanol–water partition coefficient (Wildman–Crippen LogP) is 0.732. The van der Waals surface area contributed by atoms with Crippen LogP contribution in [-0.2, 0) is 4.79 Å². The lowest BCUT2D eigenvalue weighted by molar-refractivity contribution is -0.128. The Morgan fingerprint density at radius 3 is 2.67 bits per heavy atom. The summed E-state index contributed by atoms with van der Waals surface area (Å²) >= 11 is 0. The fourth-order valence-electron chi connectivity index (χ4n) is 2.49. The van der Waals surface area contributed by atoms with Gasteiger partial charge in [0.1, 0.15) is 0 Å². The second-order valence-electron chi connectivity index (χ2n) is 5.34. The Balaban J connectivity index is 0.00000400. The van der Waals surface area contributed by atoms with E-state index >= 15 is 0 Å². The Kier molecular flexibility index (Phi) is 10.8. The zero-order chi connectivity index (χ0) is 15.0. The molecule has 1 unspecified atom stereocenters. The van der Waals surface area contributed by atoms with Crippen LogP contribution in [0.1, 0.15) is 26.2 Å². The fourth-order valence-corrected chi connectivity index (χ4v) is 2.49. The van der Waals surface area contributed by atoms with Gasteiger partial charge in [-0.25, -0.2) is 0 Å². The molecule has 1 aliphatic heterocycles. The summed E-state index contributed by atoms with van der Waals surface area (Å²) in [6.45, 7) is 6.04. The van der Waals surface area contributed by atoms with Gasteiger partial charge in [-0.1, -0.05) is 6.92 Å². The summed E-state index contributed by atoms with van der Waals surface area (Å²) in [4.78, 5) is 19.8. The Bertz CT molecular complexity index is 335. The molecule has 1 atom stereocenters. The molecule has 0 aromatic heterocycles. The molecular weight excluding hydrogens is 381 g/mol. The third-order valence-corrected chi connectivity index (χ3v) is 3.76. The molecule has 0 saturated carbocycles. The van der Waals surface area contributed by atoms with Crippen LogP contribution in [0.3, 0.4) is 0 Å². The van der Waals surface area contributed by atoms with Crippen molar-refractivity contribution in [2.75, 3.05) is 47.3 Å². The minimum absolute atomic E-state index is 0. The summed E-state index contributed by atoms with van der Waals surface area (Å²) in [6.07, 6.45) is 3.01. The van der Waals surface area contributed by atoms with Crippen molar-refractivity contribution < 1.29 is 4.79 Å². The Morgan fingerprint density at radius 1 is 1.38 bits per heavy atom. The molecule has 1 aliphatic rings. The number of carbonyl (C=O) groups excluding carboxylic acids is 1. The number of hydrogen-bond donors (Lipinski definition) is 2. The normalized spacial score (nSPS) is 19.0. The standard InChI is InChI=1S/C14H29N5O.HI/c1-5-19-10-6-7-12(19)11-17-14(15-2)16-9-8-13(20)18(3)4;/h12H,5-11H2,1-4H3,(H2,15,16,17);1H. The monoisotopic (exact) mass is 411 g/mol. The van der Waals surface area contributed by atoms with Gasteiger partial charge in [-0.2, -0.15) is 0 Å². The molecule has 1 rings (SSSR count). The van der Waals surface area contributed by atoms with Crippen molar-refractivity contribution in [2.24, 2.45) is 4.99 Å². The van der Waals surface area contributed by atoms with Crippen LogP contribution in [0, 0.1) is 0 Å². The third-order valence-electron chi connectivity index (χ3n) is 3.76. The van der Waals surface area contributed by atoms with E-state index in [0.717, 1.165) is 19.0 Å². The molecule has 2 N–H and O–H groups in total. The van der Waals surface area contributed by atoms with E-state index < -0.39 is 0 Å². The molecule has 1 fully saturated rings. The number of carbonyl (C=O) groups is 1. The van der Waals surface area contributed by atoms with Crippen molar-refractivity contribution in [3.63, 3.8) is 0 Å². The first-order valence-corrected chi connectivity index (χ1v) is 7.47. The van der Waals surface area contributed by atoms with E-state index in [2.05, 4.69) is 27.4 Å². The summed E-state index contributed by atoms with van der Waals surface area (Å²) in [5.74, 6) is 0.903. The van der Waals surface area contributed by atoms with E-state index in [1.165, 1.54) is 19.4 Å². The average Bonchev–Trinajstić information content (AvgIpc) is 2.89. The molecule has 0 aromatic rings. The molecule has 1 amide bonds. The lowest BCUT2D eigenvalue weighted by Crippen LogP contribution is -2.45. The van der Waals surface area contributed by atoms with Crippen molar-refractivity contribution in [3.8, 4) is 0 Å². The van der Waals surface area contributed by atoms with Crippen LogP contribution in [0.15, 0.2) is 4.99 Å². The minimum atomic E-state index is 0. The van der Waals surface area contributed by atoms with Crippen LogP contribution in [0.4, 0.5) is 0 Å². The van der Waals surface area contributed by atoms with E-state index in [4.69, 9.17) is 0 Å². The smallest absolute Gasteiger partial charge is 0.223 e. The summed E-state index contributed by atoms with van der Waals surface area (Å²) in [5, 5.41) is 6.54. The highest BCUT2D eigenvalue weighted by Gasteiger charge is 2.22. The number of nitrogens with one attached hydrogen (secondary N) is 2. The Hall–Kier alpha value is -0.570. The molecule has 21 heavy (non-hydrogen) atoms. The van der Waals surface area contributed by atoms with Crippen LogP contribution in [0.2, 0.25) is 0 Å². The highest BCUT2D eigenvalue weighted by molar-refractivity contribution is 14.0. The van der Waals surface area contributed by atoms with Gasteiger partial charge in [0, 0.05) is 46.7 Å². The molecular formula is C14H30IN5O. The van der Waals surface area contributed by atoms with E-state index in [0.29, 0.717) is 19.0 Å². The van der Waals surface area contributed by atoms with Gasteiger partial charge in [0.15, 0.2) is 5.96 Å². The summed E-state index contributed by atoms with van der Waals surface area (Å²) in [7, 11) is 5.30. The number of guanidine groups is 1. The van der Waals surface area contributed by atoms with Gasteiger partial charge >= 0.3 is 0 Å². The Morgan fingerprint density at radius 2 is 2.10 bits per heavy atom. The number of rotatable bonds is 6. The highest BCUT2D eigenvalue weighted by atomic mass is 127. The zero-order valence-corrected chi connectivity index (χ0v) is 16.0. The quantitative estimate of drug-likeness (QED) is 0.385. The number of likely N-dealkylation sites (tertiary alicyclic amines) is 1. The number of amides is 1. The third kappa shape index (κ3) is 7.30. The number of hydrogen-bond acceptors (Lipinski definition) is 3. The predicted molar refractivity (Wildman–Crippen MR) is 98.4 cm³/mol. The van der Waals surface area contributed by atoms with Crippen LogP contribution in [-0.4, -0.2) is 75.0 Å². The molecule has 6 nitrogen and oxygen atoms in total. The highest BCUT2D eigenvalue weighted by Crippen LogP contribution is 2.15. The fraction of sp³-hybridized carbons (Fsp3) is 0.857. The van der Waals surface area contributed by atoms with E-state index in [1.54, 1.807) is 26.0 Å². The maximum atomic E-state index is 11.5. The van der Waals surface area contributed by atoms with Gasteiger partial charge in [0.2, 0.25) is 5.91 Å². The molecule has 7 heteroatoms. The van der Waals surface area contributed by atoms with Crippen LogP contribution < -0.4 is 10.6 Å². The number of halogens is 1. The van der Waals surface area contributed by atoms with E-state index in [9.17, 15) is 4.79 Å². The Labute approximate surface area is 145 Å². The van der Waals surface area contributed by atoms with Gasteiger partial charge < -0.3 is 15.5 Å².